The molecule has 0 N–H and O–H groups in total. The highest BCUT2D eigenvalue weighted by molar-refractivity contribution is 7.09. The van der Waals surface area contributed by atoms with Crippen molar-refractivity contribution in [3.63, 3.8) is 0 Å². The van der Waals surface area contributed by atoms with Gasteiger partial charge in [-0.15, -0.1) is 11.3 Å². The SMILES string of the molecule is COCCn1c(C)c(C)sc1=NC(=O)C12CCCC(CCO1)C2. The van der Waals surface area contributed by atoms with Gasteiger partial charge in [-0.1, -0.05) is 6.42 Å². The summed E-state index contributed by atoms with van der Waals surface area (Å²) in [6, 6.07) is 0. The molecule has 1 saturated carbocycles. The zero-order chi connectivity index (χ0) is 16.4. The number of thiazole rings is 1. The molecule has 23 heavy (non-hydrogen) atoms. The first-order chi connectivity index (χ1) is 11.1. The molecular formula is C17H26N2O3S. The van der Waals surface area contributed by atoms with Crippen molar-refractivity contribution in [3.8, 4) is 0 Å². The Morgan fingerprint density at radius 3 is 3.09 bits per heavy atom. The molecule has 5 nitrogen and oxygen atoms in total. The van der Waals surface area contributed by atoms with Crippen LogP contribution in [-0.2, 0) is 20.8 Å². The van der Waals surface area contributed by atoms with Gasteiger partial charge in [0.15, 0.2) is 4.80 Å². The second-order valence-corrected chi connectivity index (χ2v) is 7.86. The maximum absolute atomic E-state index is 12.9. The van der Waals surface area contributed by atoms with Crippen molar-refractivity contribution in [1.29, 1.82) is 0 Å². The Kier molecular flexibility index (Phi) is 5.04. The molecule has 1 aromatic heterocycles. The molecule has 2 unspecified atom stereocenters. The van der Waals surface area contributed by atoms with E-state index >= 15 is 0 Å². The second-order valence-electron chi connectivity index (χ2n) is 6.68. The quantitative estimate of drug-likeness (QED) is 0.848. The normalized spacial score (nSPS) is 28.1. The van der Waals surface area contributed by atoms with E-state index in [1.54, 1.807) is 18.4 Å². The van der Waals surface area contributed by atoms with Crippen molar-refractivity contribution >= 4 is 17.2 Å². The van der Waals surface area contributed by atoms with Crippen molar-refractivity contribution in [2.75, 3.05) is 20.3 Å². The summed E-state index contributed by atoms with van der Waals surface area (Å²) in [5.41, 5.74) is 0.494. The van der Waals surface area contributed by atoms with Crippen molar-refractivity contribution in [1.82, 2.24) is 4.57 Å². The Labute approximate surface area is 141 Å². The van der Waals surface area contributed by atoms with E-state index < -0.39 is 5.60 Å². The number of fused-ring (bicyclic) bond motifs is 2. The van der Waals surface area contributed by atoms with Crippen molar-refractivity contribution in [2.24, 2.45) is 10.9 Å². The van der Waals surface area contributed by atoms with Crippen LogP contribution in [0.2, 0.25) is 0 Å². The zero-order valence-electron chi connectivity index (χ0n) is 14.3. The first kappa shape index (κ1) is 16.9. The van der Waals surface area contributed by atoms with Crippen LogP contribution in [0.5, 0.6) is 0 Å². The third-order valence-electron chi connectivity index (χ3n) is 5.21. The number of ether oxygens (including phenoxy) is 2. The smallest absolute Gasteiger partial charge is 0.280 e. The highest BCUT2D eigenvalue weighted by Crippen LogP contribution is 2.41. The van der Waals surface area contributed by atoms with Crippen LogP contribution in [0.15, 0.2) is 4.99 Å². The van der Waals surface area contributed by atoms with Gasteiger partial charge in [0.25, 0.3) is 5.91 Å². The lowest BCUT2D eigenvalue weighted by atomic mass is 9.74. The monoisotopic (exact) mass is 338 g/mol. The topological polar surface area (TPSA) is 52.8 Å². The molecule has 0 spiro atoms. The van der Waals surface area contributed by atoms with Crippen molar-refractivity contribution in [2.45, 2.75) is 58.1 Å². The summed E-state index contributed by atoms with van der Waals surface area (Å²) in [5, 5.41) is 0. The first-order valence-electron chi connectivity index (χ1n) is 8.44. The van der Waals surface area contributed by atoms with Gasteiger partial charge in [-0.25, -0.2) is 0 Å². The first-order valence-corrected chi connectivity index (χ1v) is 9.26. The maximum Gasteiger partial charge on any atom is 0.280 e. The Morgan fingerprint density at radius 2 is 2.30 bits per heavy atom. The lowest BCUT2D eigenvalue weighted by molar-refractivity contribution is -0.161. The van der Waals surface area contributed by atoms with Crippen LogP contribution in [0.25, 0.3) is 0 Å². The van der Waals surface area contributed by atoms with E-state index in [9.17, 15) is 4.79 Å². The van der Waals surface area contributed by atoms with E-state index in [-0.39, 0.29) is 5.91 Å². The lowest BCUT2D eigenvalue weighted by Crippen LogP contribution is -2.49. The number of methoxy groups -OCH3 is 1. The number of carbonyl (C=O) groups excluding carboxylic acids is 1. The number of nitrogens with zero attached hydrogens (tertiary/aromatic N) is 2. The van der Waals surface area contributed by atoms with Gasteiger partial charge < -0.3 is 14.0 Å². The van der Waals surface area contributed by atoms with Gasteiger partial charge in [0.05, 0.1) is 6.61 Å². The standard InChI is InChI=1S/C17H26N2O3S/c1-12-13(2)23-16(19(12)8-10-21-3)18-15(20)17-7-4-5-14(11-17)6-9-22-17/h14H,4-11H2,1-3H3. The van der Waals surface area contributed by atoms with Crippen molar-refractivity contribution < 1.29 is 14.3 Å². The minimum Gasteiger partial charge on any atom is -0.383 e. The molecule has 128 valence electrons. The van der Waals surface area contributed by atoms with Gasteiger partial charge >= 0.3 is 0 Å². The second kappa shape index (κ2) is 6.87. The van der Waals surface area contributed by atoms with Gasteiger partial charge in [-0.05, 0) is 45.4 Å². The highest BCUT2D eigenvalue weighted by atomic mass is 32.1. The molecule has 0 aromatic carbocycles. The van der Waals surface area contributed by atoms with Gasteiger partial charge in [0.1, 0.15) is 5.60 Å². The van der Waals surface area contributed by atoms with Gasteiger partial charge in [0, 0.05) is 30.8 Å². The Bertz CT molecular complexity index is 637. The molecule has 2 atom stereocenters. The molecular weight excluding hydrogens is 312 g/mol. The van der Waals surface area contributed by atoms with Crippen LogP contribution in [0, 0.1) is 19.8 Å². The molecule has 2 heterocycles. The van der Waals surface area contributed by atoms with Crippen LogP contribution in [-0.4, -0.2) is 36.4 Å². The number of rotatable bonds is 4. The van der Waals surface area contributed by atoms with E-state index in [0.29, 0.717) is 19.1 Å². The molecule has 0 radical (unpaired) electrons. The van der Waals surface area contributed by atoms with E-state index in [0.717, 1.165) is 42.7 Å². The predicted molar refractivity (Wildman–Crippen MR) is 89.5 cm³/mol. The molecule has 2 aliphatic rings. The summed E-state index contributed by atoms with van der Waals surface area (Å²) in [6.07, 6.45) is 5.03. The van der Waals surface area contributed by atoms with Crippen molar-refractivity contribution in [3.05, 3.63) is 15.4 Å². The minimum absolute atomic E-state index is 0.0886. The number of hydrogen-bond acceptors (Lipinski definition) is 4. The number of amides is 1. The summed E-state index contributed by atoms with van der Waals surface area (Å²) in [7, 11) is 1.69. The summed E-state index contributed by atoms with van der Waals surface area (Å²) in [5.74, 6) is 0.540. The van der Waals surface area contributed by atoms with Gasteiger partial charge in [0.2, 0.25) is 0 Å². The third kappa shape index (κ3) is 3.30. The Balaban J connectivity index is 1.91. The minimum atomic E-state index is -0.661. The summed E-state index contributed by atoms with van der Waals surface area (Å²) < 4.78 is 13.2. The molecule has 2 bridgehead atoms. The third-order valence-corrected chi connectivity index (χ3v) is 6.31. The number of aryl methyl sites for hydroxylation is 1. The number of aromatic nitrogens is 1. The summed E-state index contributed by atoms with van der Waals surface area (Å²) in [4.78, 5) is 19.4. The summed E-state index contributed by atoms with van der Waals surface area (Å²) >= 11 is 1.58. The zero-order valence-corrected chi connectivity index (χ0v) is 15.1. The maximum atomic E-state index is 12.9. The van der Waals surface area contributed by atoms with E-state index in [4.69, 9.17) is 9.47 Å². The van der Waals surface area contributed by atoms with E-state index in [2.05, 4.69) is 23.4 Å². The van der Waals surface area contributed by atoms with Crippen LogP contribution >= 0.6 is 11.3 Å². The van der Waals surface area contributed by atoms with E-state index in [1.165, 1.54) is 11.3 Å². The average Bonchev–Trinajstić information content (AvgIpc) is 2.79. The van der Waals surface area contributed by atoms with E-state index in [1.807, 2.05) is 0 Å². The van der Waals surface area contributed by atoms with Crippen LogP contribution in [0.3, 0.4) is 0 Å². The molecule has 1 amide bonds. The summed E-state index contributed by atoms with van der Waals surface area (Å²) in [6.45, 7) is 6.16. The van der Waals surface area contributed by atoms with Crippen LogP contribution in [0.4, 0.5) is 0 Å². The largest absolute Gasteiger partial charge is 0.383 e. The fourth-order valence-electron chi connectivity index (χ4n) is 3.72. The molecule has 6 heteroatoms. The number of hydrogen-bond donors (Lipinski definition) is 0. The highest BCUT2D eigenvalue weighted by Gasteiger charge is 2.46. The average molecular weight is 338 g/mol. The Hall–Kier alpha value is -0.980. The fraction of sp³-hybridized carbons (Fsp3) is 0.765. The molecule has 1 aliphatic heterocycles. The lowest BCUT2D eigenvalue weighted by Gasteiger charge is -2.42. The molecule has 1 aliphatic carbocycles. The predicted octanol–water partition coefficient (Wildman–Crippen LogP) is 2.59. The van der Waals surface area contributed by atoms with Crippen LogP contribution < -0.4 is 4.80 Å². The molecule has 2 fully saturated rings. The fourth-order valence-corrected chi connectivity index (χ4v) is 4.72. The molecule has 1 aromatic rings. The molecule has 3 rings (SSSR count). The number of carbonyl (C=O) groups is 1. The van der Waals surface area contributed by atoms with Gasteiger partial charge in [-0.3, -0.25) is 4.79 Å². The van der Waals surface area contributed by atoms with Gasteiger partial charge in [-0.2, -0.15) is 4.99 Å². The van der Waals surface area contributed by atoms with Crippen LogP contribution in [0.1, 0.15) is 42.7 Å². The Morgan fingerprint density at radius 1 is 1.48 bits per heavy atom. The molecule has 1 saturated heterocycles.